The molecule has 0 aliphatic heterocycles. The fourth-order valence-electron chi connectivity index (χ4n) is 5.29. The molecule has 3 aromatic carbocycles. The van der Waals surface area contributed by atoms with Crippen molar-refractivity contribution in [3.8, 4) is 17.1 Å². The second-order valence-electron chi connectivity index (χ2n) is 9.23. The number of furan rings is 1. The SMILES string of the molecule is Cc1coc2c3ccc4c(c3c3nc(-c5ccc(O)cc5)[nH]c3c12)CCCC4(C)C. The zero-order valence-corrected chi connectivity index (χ0v) is 17.5. The zero-order valence-electron chi connectivity index (χ0n) is 17.5. The highest BCUT2D eigenvalue weighted by Gasteiger charge is 2.30. The Morgan fingerprint density at radius 3 is 2.67 bits per heavy atom. The Kier molecular flexibility index (Phi) is 3.45. The molecule has 4 nitrogen and oxygen atoms in total. The summed E-state index contributed by atoms with van der Waals surface area (Å²) in [6, 6.07) is 11.7. The van der Waals surface area contributed by atoms with Crippen LogP contribution in [0.15, 0.2) is 47.1 Å². The number of aryl methyl sites for hydroxylation is 2. The molecule has 0 spiro atoms. The van der Waals surface area contributed by atoms with E-state index in [1.807, 2.05) is 18.4 Å². The lowest BCUT2D eigenvalue weighted by molar-refractivity contribution is 0.433. The number of H-pyrrole nitrogens is 1. The van der Waals surface area contributed by atoms with E-state index in [1.54, 1.807) is 12.1 Å². The number of hydrogen-bond acceptors (Lipinski definition) is 3. The standard InChI is InChI=1S/C26H24N2O2/c1-14-13-30-24-18-10-11-19-17(5-4-12-26(19,2)3)21(18)23-22(20(14)24)27-25(28-23)15-6-8-16(29)9-7-15/h6-11,13,29H,4-5,12H2,1-3H3,(H,27,28). The van der Waals surface area contributed by atoms with Gasteiger partial charge in [-0.3, -0.25) is 0 Å². The second kappa shape index (κ2) is 5.88. The first-order valence-electron chi connectivity index (χ1n) is 10.6. The summed E-state index contributed by atoms with van der Waals surface area (Å²) in [6.07, 6.45) is 5.30. The molecule has 0 amide bonds. The van der Waals surface area contributed by atoms with Crippen molar-refractivity contribution in [1.29, 1.82) is 0 Å². The van der Waals surface area contributed by atoms with Gasteiger partial charge in [-0.15, -0.1) is 0 Å². The monoisotopic (exact) mass is 396 g/mol. The molecule has 0 bridgehead atoms. The summed E-state index contributed by atoms with van der Waals surface area (Å²) in [4.78, 5) is 8.66. The third-order valence-electron chi connectivity index (χ3n) is 6.82. The largest absolute Gasteiger partial charge is 0.508 e. The number of phenols is 1. The third kappa shape index (κ3) is 2.30. The van der Waals surface area contributed by atoms with Crippen molar-refractivity contribution in [3.05, 3.63) is 59.4 Å². The highest BCUT2D eigenvalue weighted by molar-refractivity contribution is 6.23. The van der Waals surface area contributed by atoms with E-state index in [0.29, 0.717) is 0 Å². The van der Waals surface area contributed by atoms with Crippen LogP contribution in [0.4, 0.5) is 0 Å². The van der Waals surface area contributed by atoms with Crippen LogP contribution in [0.3, 0.4) is 0 Å². The highest BCUT2D eigenvalue weighted by Crippen LogP contribution is 2.45. The first kappa shape index (κ1) is 17.6. The Morgan fingerprint density at radius 2 is 1.87 bits per heavy atom. The first-order valence-corrected chi connectivity index (χ1v) is 10.6. The number of imidazole rings is 1. The maximum absolute atomic E-state index is 9.67. The fraction of sp³-hybridized carbons (Fsp3) is 0.269. The number of benzene rings is 3. The number of hydrogen-bond donors (Lipinski definition) is 2. The van der Waals surface area contributed by atoms with Gasteiger partial charge >= 0.3 is 0 Å². The number of aromatic nitrogens is 2. The Morgan fingerprint density at radius 1 is 1.07 bits per heavy atom. The predicted molar refractivity (Wildman–Crippen MR) is 121 cm³/mol. The minimum Gasteiger partial charge on any atom is -0.508 e. The molecule has 0 radical (unpaired) electrons. The Hall–Kier alpha value is -3.27. The van der Waals surface area contributed by atoms with E-state index >= 15 is 0 Å². The van der Waals surface area contributed by atoms with Crippen LogP contribution in [-0.4, -0.2) is 15.1 Å². The number of phenolic OH excluding ortho intramolecular Hbond substituents is 1. The summed E-state index contributed by atoms with van der Waals surface area (Å²) in [5, 5.41) is 13.1. The van der Waals surface area contributed by atoms with E-state index in [4.69, 9.17) is 9.40 Å². The smallest absolute Gasteiger partial charge is 0.144 e. The molecule has 4 heteroatoms. The minimum absolute atomic E-state index is 0.165. The van der Waals surface area contributed by atoms with Crippen molar-refractivity contribution < 1.29 is 9.52 Å². The predicted octanol–water partition coefficient (Wildman–Crippen LogP) is 6.76. The molecular weight excluding hydrogens is 372 g/mol. The van der Waals surface area contributed by atoms with Crippen LogP contribution in [-0.2, 0) is 11.8 Å². The molecule has 1 aliphatic carbocycles. The molecular formula is C26H24N2O2. The van der Waals surface area contributed by atoms with Crippen LogP contribution in [0, 0.1) is 6.92 Å². The summed E-state index contributed by atoms with van der Waals surface area (Å²) in [5.41, 5.74) is 8.05. The summed E-state index contributed by atoms with van der Waals surface area (Å²) in [7, 11) is 0. The van der Waals surface area contributed by atoms with E-state index in [0.717, 1.165) is 50.8 Å². The van der Waals surface area contributed by atoms with Crippen LogP contribution >= 0.6 is 0 Å². The van der Waals surface area contributed by atoms with Gasteiger partial charge in [0.15, 0.2) is 0 Å². The Bertz CT molecular complexity index is 1450. The van der Waals surface area contributed by atoms with Gasteiger partial charge in [-0.2, -0.15) is 0 Å². The van der Waals surface area contributed by atoms with Crippen LogP contribution in [0.25, 0.3) is 44.2 Å². The summed E-state index contributed by atoms with van der Waals surface area (Å²) in [6.45, 7) is 6.77. The maximum atomic E-state index is 9.67. The average Bonchev–Trinajstić information content (AvgIpc) is 3.32. The third-order valence-corrected chi connectivity index (χ3v) is 6.82. The normalized spacial score (nSPS) is 15.8. The molecule has 2 heterocycles. The van der Waals surface area contributed by atoms with Crippen LogP contribution < -0.4 is 0 Å². The van der Waals surface area contributed by atoms with Crippen molar-refractivity contribution in [1.82, 2.24) is 9.97 Å². The molecule has 0 saturated carbocycles. The van der Waals surface area contributed by atoms with E-state index in [2.05, 4.69) is 37.9 Å². The molecule has 150 valence electrons. The van der Waals surface area contributed by atoms with Crippen molar-refractivity contribution in [3.63, 3.8) is 0 Å². The lowest BCUT2D eigenvalue weighted by Crippen LogP contribution is -2.23. The molecule has 6 rings (SSSR count). The molecule has 5 aromatic rings. The summed E-state index contributed by atoms with van der Waals surface area (Å²) < 4.78 is 6.06. The lowest BCUT2D eigenvalue weighted by Gasteiger charge is -2.33. The number of aromatic hydroxyl groups is 1. The van der Waals surface area contributed by atoms with Gasteiger partial charge in [0.2, 0.25) is 0 Å². The van der Waals surface area contributed by atoms with Gasteiger partial charge in [-0.05, 0) is 72.6 Å². The second-order valence-corrected chi connectivity index (χ2v) is 9.23. The van der Waals surface area contributed by atoms with E-state index in [9.17, 15) is 5.11 Å². The van der Waals surface area contributed by atoms with Crippen LogP contribution in [0.5, 0.6) is 5.75 Å². The molecule has 0 saturated heterocycles. The number of rotatable bonds is 1. The van der Waals surface area contributed by atoms with E-state index < -0.39 is 0 Å². The fourth-order valence-corrected chi connectivity index (χ4v) is 5.29. The number of aromatic amines is 1. The van der Waals surface area contributed by atoms with Gasteiger partial charge in [0.25, 0.3) is 0 Å². The van der Waals surface area contributed by atoms with Crippen LogP contribution in [0.1, 0.15) is 43.4 Å². The van der Waals surface area contributed by atoms with Crippen LogP contribution in [0.2, 0.25) is 0 Å². The highest BCUT2D eigenvalue weighted by atomic mass is 16.3. The number of nitrogens with zero attached hydrogens (tertiary/aromatic N) is 1. The molecule has 0 atom stereocenters. The Labute approximate surface area is 174 Å². The van der Waals surface area contributed by atoms with Crippen molar-refractivity contribution in [2.24, 2.45) is 0 Å². The lowest BCUT2D eigenvalue weighted by atomic mass is 9.71. The van der Waals surface area contributed by atoms with Crippen molar-refractivity contribution in [2.75, 3.05) is 0 Å². The minimum atomic E-state index is 0.165. The molecule has 30 heavy (non-hydrogen) atoms. The van der Waals surface area contributed by atoms with Gasteiger partial charge in [0.1, 0.15) is 17.2 Å². The number of fused-ring (bicyclic) bond motifs is 8. The van der Waals surface area contributed by atoms with E-state index in [1.165, 1.54) is 29.4 Å². The quantitative estimate of drug-likeness (QED) is 0.329. The Balaban J connectivity index is 1.78. The molecule has 0 unspecified atom stereocenters. The molecule has 1 aliphatic rings. The summed E-state index contributed by atoms with van der Waals surface area (Å²) >= 11 is 0. The van der Waals surface area contributed by atoms with E-state index in [-0.39, 0.29) is 11.2 Å². The maximum Gasteiger partial charge on any atom is 0.144 e. The van der Waals surface area contributed by atoms with Gasteiger partial charge in [0.05, 0.1) is 17.3 Å². The van der Waals surface area contributed by atoms with Gasteiger partial charge in [-0.25, -0.2) is 4.98 Å². The molecule has 0 fully saturated rings. The van der Waals surface area contributed by atoms with Gasteiger partial charge in [-0.1, -0.05) is 26.0 Å². The number of nitrogens with one attached hydrogen (secondary N) is 1. The van der Waals surface area contributed by atoms with Gasteiger partial charge < -0.3 is 14.5 Å². The first-order chi connectivity index (χ1) is 14.4. The van der Waals surface area contributed by atoms with Crippen molar-refractivity contribution >= 4 is 32.8 Å². The average molecular weight is 396 g/mol. The summed E-state index contributed by atoms with van der Waals surface area (Å²) in [5.74, 6) is 1.07. The molecule has 2 aromatic heterocycles. The van der Waals surface area contributed by atoms with Crippen molar-refractivity contribution in [2.45, 2.75) is 45.4 Å². The molecule has 2 N–H and O–H groups in total. The topological polar surface area (TPSA) is 62.1 Å². The van der Waals surface area contributed by atoms with Gasteiger partial charge in [0, 0.05) is 21.7 Å². The zero-order chi connectivity index (χ0) is 20.6.